The lowest BCUT2D eigenvalue weighted by Gasteiger charge is -2.17. The van der Waals surface area contributed by atoms with E-state index in [0.29, 0.717) is 6.04 Å². The largest absolute Gasteiger partial charge is 0.323 e. The summed E-state index contributed by atoms with van der Waals surface area (Å²) in [4.78, 5) is 13.2. The number of aromatic nitrogens is 3. The topological polar surface area (TPSA) is 65.8 Å². The van der Waals surface area contributed by atoms with Gasteiger partial charge in [-0.2, -0.15) is 5.10 Å². The van der Waals surface area contributed by atoms with E-state index in [-0.39, 0.29) is 11.6 Å². The summed E-state index contributed by atoms with van der Waals surface area (Å²) < 4.78 is 3.66. The van der Waals surface area contributed by atoms with Crippen molar-refractivity contribution >= 4 is 10.8 Å². The van der Waals surface area contributed by atoms with Gasteiger partial charge >= 0.3 is 0 Å². The average Bonchev–Trinajstić information content (AvgIpc) is 3.27. The maximum Gasteiger partial charge on any atom is 0.259 e. The molecule has 2 aromatic heterocycles. The predicted molar refractivity (Wildman–Crippen MR) is 91.3 cm³/mol. The van der Waals surface area contributed by atoms with Gasteiger partial charge in [-0.15, -0.1) is 0 Å². The molecule has 1 aromatic carbocycles. The summed E-state index contributed by atoms with van der Waals surface area (Å²) >= 11 is 0. The lowest BCUT2D eigenvalue weighted by Crippen LogP contribution is -2.26. The standard InChI is InChI=1S/C18H20N4O/c1-11(19)16-8-12-4-3-5-15(13-9-20-21(2)10-13)17(12)18(23)22(16)14-6-7-14/h3-5,8-11,14H,6-7,19H2,1-2H3/t11-/m0/s1. The number of nitrogens with two attached hydrogens (primary N) is 1. The molecule has 1 aliphatic rings. The molecule has 2 heterocycles. The molecule has 5 nitrogen and oxygen atoms in total. The second kappa shape index (κ2) is 5.06. The van der Waals surface area contributed by atoms with Crippen LogP contribution in [0, 0.1) is 0 Å². The Hall–Kier alpha value is -2.40. The lowest BCUT2D eigenvalue weighted by atomic mass is 10.00. The van der Waals surface area contributed by atoms with Crippen molar-refractivity contribution < 1.29 is 0 Å². The Labute approximate surface area is 134 Å². The molecule has 0 saturated heterocycles. The summed E-state index contributed by atoms with van der Waals surface area (Å²) in [5.74, 6) is 0. The first kappa shape index (κ1) is 14.2. The summed E-state index contributed by atoms with van der Waals surface area (Å²) in [6.45, 7) is 1.93. The first-order valence-corrected chi connectivity index (χ1v) is 7.99. The SMILES string of the molecule is C[C@H](N)c1cc2cccc(-c3cnn(C)c3)c2c(=O)n1C1CC1. The van der Waals surface area contributed by atoms with Gasteiger partial charge in [-0.1, -0.05) is 18.2 Å². The van der Waals surface area contributed by atoms with Gasteiger partial charge in [0, 0.05) is 36.6 Å². The quantitative estimate of drug-likeness (QED) is 0.809. The second-order valence-electron chi connectivity index (χ2n) is 6.44. The molecule has 2 N–H and O–H groups in total. The summed E-state index contributed by atoms with van der Waals surface area (Å²) in [5, 5.41) is 5.94. The molecule has 118 valence electrons. The van der Waals surface area contributed by atoms with Crippen LogP contribution < -0.4 is 11.3 Å². The van der Waals surface area contributed by atoms with Crippen molar-refractivity contribution in [2.75, 3.05) is 0 Å². The molecule has 0 spiro atoms. The molecule has 0 amide bonds. The molecule has 3 aromatic rings. The van der Waals surface area contributed by atoms with Crippen LogP contribution in [-0.2, 0) is 7.05 Å². The zero-order valence-corrected chi connectivity index (χ0v) is 13.4. The lowest BCUT2D eigenvalue weighted by molar-refractivity contribution is 0.620. The Bertz CT molecular complexity index is 947. The van der Waals surface area contributed by atoms with Gasteiger partial charge in [0.25, 0.3) is 5.56 Å². The van der Waals surface area contributed by atoms with Crippen LogP contribution in [0.25, 0.3) is 21.9 Å². The van der Waals surface area contributed by atoms with Gasteiger partial charge in [0.2, 0.25) is 0 Å². The highest BCUT2D eigenvalue weighted by Crippen LogP contribution is 2.37. The Morgan fingerprint density at radius 3 is 2.74 bits per heavy atom. The van der Waals surface area contributed by atoms with E-state index >= 15 is 0 Å². The minimum absolute atomic E-state index is 0.0664. The fourth-order valence-electron chi connectivity index (χ4n) is 3.26. The van der Waals surface area contributed by atoms with Crippen molar-refractivity contribution in [3.63, 3.8) is 0 Å². The van der Waals surface area contributed by atoms with Gasteiger partial charge in [-0.3, -0.25) is 9.48 Å². The van der Waals surface area contributed by atoms with Gasteiger partial charge in [-0.25, -0.2) is 0 Å². The van der Waals surface area contributed by atoms with Crippen LogP contribution in [0.5, 0.6) is 0 Å². The van der Waals surface area contributed by atoms with Crippen LogP contribution in [0.2, 0.25) is 0 Å². The Balaban J connectivity index is 2.07. The molecular formula is C18H20N4O. The normalized spacial score (nSPS) is 16.0. The summed E-state index contributed by atoms with van der Waals surface area (Å²) in [6.07, 6.45) is 5.85. The average molecular weight is 308 g/mol. The summed E-state index contributed by atoms with van der Waals surface area (Å²) in [6, 6.07) is 8.17. The molecule has 0 aliphatic heterocycles. The fourth-order valence-corrected chi connectivity index (χ4v) is 3.26. The van der Waals surface area contributed by atoms with E-state index in [1.165, 1.54) is 0 Å². The monoisotopic (exact) mass is 308 g/mol. The third-order valence-corrected chi connectivity index (χ3v) is 4.51. The van der Waals surface area contributed by atoms with Crippen molar-refractivity contribution in [2.24, 2.45) is 12.8 Å². The van der Waals surface area contributed by atoms with E-state index < -0.39 is 0 Å². The van der Waals surface area contributed by atoms with E-state index in [0.717, 1.165) is 40.4 Å². The molecule has 1 atom stereocenters. The van der Waals surface area contributed by atoms with E-state index in [9.17, 15) is 4.79 Å². The molecule has 0 bridgehead atoms. The van der Waals surface area contributed by atoms with Crippen molar-refractivity contribution in [3.8, 4) is 11.1 Å². The number of pyridine rings is 1. The van der Waals surface area contributed by atoms with E-state index in [1.807, 2.05) is 42.9 Å². The highest BCUT2D eigenvalue weighted by atomic mass is 16.1. The van der Waals surface area contributed by atoms with Crippen molar-refractivity contribution in [1.29, 1.82) is 0 Å². The minimum atomic E-state index is -0.158. The smallest absolute Gasteiger partial charge is 0.259 e. The highest BCUT2D eigenvalue weighted by Gasteiger charge is 2.29. The number of rotatable bonds is 3. The third kappa shape index (κ3) is 2.28. The van der Waals surface area contributed by atoms with Crippen LogP contribution in [0.15, 0.2) is 41.5 Å². The number of hydrogen-bond donors (Lipinski definition) is 1. The number of hydrogen-bond acceptors (Lipinski definition) is 3. The first-order valence-electron chi connectivity index (χ1n) is 7.99. The molecule has 4 rings (SSSR count). The van der Waals surface area contributed by atoms with Crippen LogP contribution in [0.1, 0.15) is 37.5 Å². The van der Waals surface area contributed by atoms with Gasteiger partial charge in [0.05, 0.1) is 11.6 Å². The van der Waals surface area contributed by atoms with E-state index in [2.05, 4.69) is 11.2 Å². The highest BCUT2D eigenvalue weighted by molar-refractivity contribution is 5.96. The molecule has 1 aliphatic carbocycles. The first-order chi connectivity index (χ1) is 11.1. The third-order valence-electron chi connectivity index (χ3n) is 4.51. The molecule has 1 saturated carbocycles. The molecule has 23 heavy (non-hydrogen) atoms. The van der Waals surface area contributed by atoms with Crippen molar-refractivity contribution in [2.45, 2.75) is 31.8 Å². The maximum atomic E-state index is 13.2. The molecule has 5 heteroatoms. The fraction of sp³-hybridized carbons (Fsp3) is 0.333. The summed E-state index contributed by atoms with van der Waals surface area (Å²) in [5.41, 5.74) is 9.01. The molecule has 1 fully saturated rings. The van der Waals surface area contributed by atoms with Gasteiger partial charge < -0.3 is 10.3 Å². The van der Waals surface area contributed by atoms with Crippen LogP contribution in [0.3, 0.4) is 0 Å². The van der Waals surface area contributed by atoms with E-state index in [1.54, 1.807) is 10.9 Å². The Morgan fingerprint density at radius 1 is 1.35 bits per heavy atom. The van der Waals surface area contributed by atoms with Crippen molar-refractivity contribution in [1.82, 2.24) is 14.3 Å². The molecule has 0 radical (unpaired) electrons. The predicted octanol–water partition coefficient (Wildman–Crippen LogP) is 2.76. The Morgan fingerprint density at radius 2 is 2.13 bits per heavy atom. The number of nitrogens with zero attached hydrogens (tertiary/aromatic N) is 3. The van der Waals surface area contributed by atoms with Gasteiger partial charge in [0.1, 0.15) is 0 Å². The second-order valence-corrected chi connectivity index (χ2v) is 6.44. The summed E-state index contributed by atoms with van der Waals surface area (Å²) in [7, 11) is 1.88. The van der Waals surface area contributed by atoms with E-state index in [4.69, 9.17) is 5.73 Å². The maximum absolute atomic E-state index is 13.2. The molecular weight excluding hydrogens is 288 g/mol. The van der Waals surface area contributed by atoms with Gasteiger partial charge in [-0.05, 0) is 36.8 Å². The van der Waals surface area contributed by atoms with Crippen molar-refractivity contribution in [3.05, 3.63) is 52.7 Å². The van der Waals surface area contributed by atoms with Crippen LogP contribution in [-0.4, -0.2) is 14.3 Å². The zero-order valence-electron chi connectivity index (χ0n) is 13.4. The Kier molecular flexibility index (Phi) is 3.13. The number of fused-ring (bicyclic) bond motifs is 1. The van der Waals surface area contributed by atoms with Crippen LogP contribution >= 0.6 is 0 Å². The van der Waals surface area contributed by atoms with Crippen LogP contribution in [0.4, 0.5) is 0 Å². The zero-order chi connectivity index (χ0) is 16.1. The number of aryl methyl sites for hydroxylation is 1. The molecule has 0 unspecified atom stereocenters. The number of benzene rings is 1. The minimum Gasteiger partial charge on any atom is -0.323 e. The van der Waals surface area contributed by atoms with Gasteiger partial charge in [0.15, 0.2) is 0 Å².